The van der Waals surface area contributed by atoms with Gasteiger partial charge in [0.05, 0.1) is 0 Å². The van der Waals surface area contributed by atoms with Crippen LogP contribution in [0.15, 0.2) is 48.5 Å². The molecule has 0 radical (unpaired) electrons. The molecule has 1 aliphatic carbocycles. The summed E-state index contributed by atoms with van der Waals surface area (Å²) >= 11 is 6.31. The summed E-state index contributed by atoms with van der Waals surface area (Å²) < 4.78 is 0. The highest BCUT2D eigenvalue weighted by molar-refractivity contribution is 6.31. The second-order valence-corrected chi connectivity index (χ2v) is 8.90. The van der Waals surface area contributed by atoms with Gasteiger partial charge >= 0.3 is 0 Å². The summed E-state index contributed by atoms with van der Waals surface area (Å²) in [6.45, 7) is 0.847. The molecule has 2 atom stereocenters. The number of carbonyl (C=O) groups excluding carboxylic acids is 2. The number of halogens is 1. The average molecular weight is 394 g/mol. The topological polar surface area (TPSA) is 37.4 Å². The minimum atomic E-state index is -0.882. The number of Topliss-reactive ketones (excluding diaryl/α,β-unsaturated/α-hetero) is 2. The lowest BCUT2D eigenvalue weighted by Crippen LogP contribution is -2.63. The Bertz CT molecular complexity index is 923. The predicted octanol–water partition coefficient (Wildman–Crippen LogP) is 4.96. The average Bonchev–Trinajstić information content (AvgIpc) is 2.72. The molecule has 144 valence electrons. The van der Waals surface area contributed by atoms with Crippen LogP contribution in [0.4, 0.5) is 5.69 Å². The maximum Gasteiger partial charge on any atom is 0.148 e. The lowest BCUT2D eigenvalue weighted by Gasteiger charge is -2.54. The van der Waals surface area contributed by atoms with E-state index in [0.29, 0.717) is 36.6 Å². The Hall–Kier alpha value is -2.13. The number of anilines is 1. The van der Waals surface area contributed by atoms with Crippen LogP contribution in [-0.4, -0.2) is 24.2 Å². The Morgan fingerprint density at radius 2 is 1.75 bits per heavy atom. The number of benzene rings is 2. The molecule has 1 saturated carbocycles. The van der Waals surface area contributed by atoms with Crippen LogP contribution in [0, 0.1) is 5.41 Å². The van der Waals surface area contributed by atoms with Crippen LogP contribution < -0.4 is 4.90 Å². The van der Waals surface area contributed by atoms with Crippen LogP contribution in [0.2, 0.25) is 5.02 Å². The van der Waals surface area contributed by atoms with Crippen molar-refractivity contribution in [2.75, 3.05) is 11.4 Å². The zero-order valence-electron chi connectivity index (χ0n) is 15.9. The third-order valence-corrected chi connectivity index (χ3v) is 7.31. The maximum atomic E-state index is 13.3. The number of fused-ring (bicyclic) bond motifs is 4. The number of nitrogens with zero attached hydrogens (tertiary/aromatic N) is 1. The monoisotopic (exact) mass is 393 g/mol. The molecular formula is C24H24ClNO2. The van der Waals surface area contributed by atoms with E-state index in [1.807, 2.05) is 24.3 Å². The summed E-state index contributed by atoms with van der Waals surface area (Å²) in [5.74, 6) is 0.670. The van der Waals surface area contributed by atoms with Gasteiger partial charge in [0.15, 0.2) is 0 Å². The summed E-state index contributed by atoms with van der Waals surface area (Å²) in [4.78, 5) is 28.9. The molecule has 0 bridgehead atoms. The first-order valence-electron chi connectivity index (χ1n) is 10.3. The van der Waals surface area contributed by atoms with E-state index in [9.17, 15) is 9.59 Å². The fourth-order valence-corrected chi connectivity index (χ4v) is 5.87. The maximum absolute atomic E-state index is 13.3. The Morgan fingerprint density at radius 1 is 1.00 bits per heavy atom. The Kier molecular flexibility index (Phi) is 4.31. The summed E-state index contributed by atoms with van der Waals surface area (Å²) in [5.41, 5.74) is 2.63. The van der Waals surface area contributed by atoms with Gasteiger partial charge in [0.1, 0.15) is 17.0 Å². The first-order chi connectivity index (χ1) is 13.6. The van der Waals surface area contributed by atoms with Gasteiger partial charge in [0.2, 0.25) is 0 Å². The lowest BCUT2D eigenvalue weighted by atomic mass is 9.58. The van der Waals surface area contributed by atoms with Crippen LogP contribution in [0.3, 0.4) is 0 Å². The number of hydrogen-bond acceptors (Lipinski definition) is 3. The van der Waals surface area contributed by atoms with Crippen molar-refractivity contribution in [3.05, 3.63) is 64.7 Å². The van der Waals surface area contributed by atoms with Crippen molar-refractivity contribution in [2.24, 2.45) is 5.41 Å². The van der Waals surface area contributed by atoms with Crippen molar-refractivity contribution < 1.29 is 9.59 Å². The minimum absolute atomic E-state index is 0.0716. The largest absolute Gasteiger partial charge is 0.367 e. The molecule has 2 fully saturated rings. The normalized spacial score (nSPS) is 26.1. The third kappa shape index (κ3) is 2.63. The number of ketones is 2. The highest BCUT2D eigenvalue weighted by atomic mass is 35.5. The van der Waals surface area contributed by atoms with E-state index in [1.54, 1.807) is 0 Å². The number of carbonyl (C=O) groups is 2. The van der Waals surface area contributed by atoms with E-state index in [2.05, 4.69) is 29.2 Å². The molecule has 3 nitrogen and oxygen atoms in total. The van der Waals surface area contributed by atoms with Gasteiger partial charge < -0.3 is 4.90 Å². The molecule has 0 amide bonds. The fourth-order valence-electron chi connectivity index (χ4n) is 5.70. The van der Waals surface area contributed by atoms with Crippen molar-refractivity contribution >= 4 is 28.9 Å². The Labute approximate surface area is 170 Å². The van der Waals surface area contributed by atoms with Gasteiger partial charge in [-0.15, -0.1) is 0 Å². The van der Waals surface area contributed by atoms with E-state index in [1.165, 1.54) is 5.56 Å². The highest BCUT2D eigenvalue weighted by Gasteiger charge is 2.58. The van der Waals surface area contributed by atoms with Crippen LogP contribution in [0.5, 0.6) is 0 Å². The molecule has 0 aromatic heterocycles. The quantitative estimate of drug-likeness (QED) is 0.643. The fraction of sp³-hybridized carbons (Fsp3) is 0.417. The first kappa shape index (κ1) is 17.9. The minimum Gasteiger partial charge on any atom is -0.367 e. The third-order valence-electron chi connectivity index (χ3n) is 7.07. The van der Waals surface area contributed by atoms with Gasteiger partial charge in [-0.1, -0.05) is 48.0 Å². The number of rotatable bonds is 1. The first-order valence-corrected chi connectivity index (χ1v) is 10.6. The zero-order chi connectivity index (χ0) is 19.3. The molecule has 2 aliphatic heterocycles. The molecule has 1 saturated heterocycles. The molecule has 5 rings (SSSR count). The van der Waals surface area contributed by atoms with Crippen molar-refractivity contribution in [1.82, 2.24) is 0 Å². The van der Waals surface area contributed by atoms with Gasteiger partial charge in [-0.3, -0.25) is 9.59 Å². The Balaban J connectivity index is 1.62. The second kappa shape index (κ2) is 6.73. The summed E-state index contributed by atoms with van der Waals surface area (Å²) in [5, 5.41) is 0.708. The van der Waals surface area contributed by atoms with Crippen molar-refractivity contribution in [3.63, 3.8) is 0 Å². The summed E-state index contributed by atoms with van der Waals surface area (Å²) in [6, 6.07) is 16.4. The summed E-state index contributed by atoms with van der Waals surface area (Å²) in [7, 11) is 0. The lowest BCUT2D eigenvalue weighted by molar-refractivity contribution is -0.146. The zero-order valence-corrected chi connectivity index (χ0v) is 16.6. The predicted molar refractivity (Wildman–Crippen MR) is 111 cm³/mol. The SMILES string of the molecule is O=C1CCCC(=O)C12Cc1ccc(Cl)cc1N1CC[C@H](c3ccccc3)C[C@H]12. The molecule has 1 spiro atoms. The van der Waals surface area contributed by atoms with Gasteiger partial charge in [-0.25, -0.2) is 0 Å². The molecular weight excluding hydrogens is 370 g/mol. The highest BCUT2D eigenvalue weighted by Crippen LogP contribution is 2.51. The molecule has 4 heteroatoms. The van der Waals surface area contributed by atoms with Gasteiger partial charge in [0.25, 0.3) is 0 Å². The number of hydrogen-bond donors (Lipinski definition) is 0. The van der Waals surface area contributed by atoms with Gasteiger partial charge in [0, 0.05) is 36.1 Å². The van der Waals surface area contributed by atoms with E-state index < -0.39 is 5.41 Å². The summed E-state index contributed by atoms with van der Waals surface area (Å²) in [6.07, 6.45) is 4.13. The van der Waals surface area contributed by atoms with Crippen molar-refractivity contribution in [1.29, 1.82) is 0 Å². The van der Waals surface area contributed by atoms with E-state index in [0.717, 1.165) is 30.6 Å². The molecule has 2 heterocycles. The van der Waals surface area contributed by atoms with Gasteiger partial charge in [-0.05, 0) is 54.9 Å². The van der Waals surface area contributed by atoms with Crippen LogP contribution >= 0.6 is 11.6 Å². The smallest absolute Gasteiger partial charge is 0.148 e. The number of piperidine rings is 1. The van der Waals surface area contributed by atoms with E-state index >= 15 is 0 Å². The molecule has 2 aromatic rings. The van der Waals surface area contributed by atoms with Crippen molar-refractivity contribution in [2.45, 2.75) is 50.5 Å². The molecule has 0 N–H and O–H groups in total. The van der Waals surface area contributed by atoms with Crippen molar-refractivity contribution in [3.8, 4) is 0 Å². The van der Waals surface area contributed by atoms with Gasteiger partial charge in [-0.2, -0.15) is 0 Å². The van der Waals surface area contributed by atoms with Crippen LogP contribution in [-0.2, 0) is 16.0 Å². The second-order valence-electron chi connectivity index (χ2n) is 8.46. The molecule has 3 aliphatic rings. The van der Waals surface area contributed by atoms with Crippen LogP contribution in [0.1, 0.15) is 49.1 Å². The standard InChI is InChI=1S/C24H24ClNO2/c25-19-10-9-18-15-24(22(27)7-4-8-23(24)28)21-13-17(16-5-2-1-3-6-16)11-12-26(21)20(18)14-19/h1-3,5-6,9-10,14,17,21H,4,7-8,11-13,15H2/t17-,21-/m0/s1. The Morgan fingerprint density at radius 3 is 2.50 bits per heavy atom. The van der Waals surface area contributed by atoms with E-state index in [-0.39, 0.29) is 17.6 Å². The molecule has 28 heavy (non-hydrogen) atoms. The molecule has 2 aromatic carbocycles. The van der Waals surface area contributed by atoms with Crippen LogP contribution in [0.25, 0.3) is 0 Å². The van der Waals surface area contributed by atoms with E-state index in [4.69, 9.17) is 11.6 Å². The molecule has 0 unspecified atom stereocenters.